The van der Waals surface area contributed by atoms with Gasteiger partial charge < -0.3 is 14.8 Å². The van der Waals surface area contributed by atoms with Crippen LogP contribution >= 0.6 is 0 Å². The number of carbonyl (C=O) groups excluding carboxylic acids is 1. The predicted molar refractivity (Wildman–Crippen MR) is 105 cm³/mol. The van der Waals surface area contributed by atoms with Crippen LogP contribution in [0.25, 0.3) is 0 Å². The minimum Gasteiger partial charge on any atom is -0.497 e. The second kappa shape index (κ2) is 8.77. The number of ether oxygens (including phenoxy) is 2. The van der Waals surface area contributed by atoms with Gasteiger partial charge in [0.05, 0.1) is 30.7 Å². The van der Waals surface area contributed by atoms with E-state index in [9.17, 15) is 13.2 Å². The van der Waals surface area contributed by atoms with Crippen molar-refractivity contribution < 1.29 is 22.7 Å². The summed E-state index contributed by atoms with van der Waals surface area (Å²) in [5.74, 6) is 1.02. The van der Waals surface area contributed by atoms with E-state index in [2.05, 4.69) is 5.32 Å². The van der Waals surface area contributed by atoms with Crippen LogP contribution in [0.15, 0.2) is 48.5 Å². The van der Waals surface area contributed by atoms with E-state index >= 15 is 0 Å². The van der Waals surface area contributed by atoms with Crippen LogP contribution in [-0.4, -0.2) is 47.4 Å². The molecular formula is C19H24N2O5S. The zero-order valence-corrected chi connectivity index (χ0v) is 16.6. The Morgan fingerprint density at radius 2 is 1.70 bits per heavy atom. The van der Waals surface area contributed by atoms with Crippen molar-refractivity contribution in [1.29, 1.82) is 0 Å². The zero-order chi connectivity index (χ0) is 20.0. The first-order chi connectivity index (χ1) is 12.7. The summed E-state index contributed by atoms with van der Waals surface area (Å²) in [5.41, 5.74) is 0.600. The van der Waals surface area contributed by atoms with Crippen LogP contribution in [0, 0.1) is 0 Å². The van der Waals surface area contributed by atoms with Gasteiger partial charge in [0.2, 0.25) is 10.0 Å². The molecule has 7 nitrogen and oxygen atoms in total. The Morgan fingerprint density at radius 3 is 2.30 bits per heavy atom. The molecule has 1 N–H and O–H groups in total. The van der Waals surface area contributed by atoms with Crippen molar-refractivity contribution in [3.63, 3.8) is 0 Å². The Morgan fingerprint density at radius 1 is 1.11 bits per heavy atom. The molecule has 0 bridgehead atoms. The van der Waals surface area contributed by atoms with Gasteiger partial charge in [0.15, 0.2) is 0 Å². The Kier molecular flexibility index (Phi) is 6.68. The minimum atomic E-state index is -3.47. The predicted octanol–water partition coefficient (Wildman–Crippen LogP) is 2.29. The first-order valence-electron chi connectivity index (χ1n) is 8.33. The van der Waals surface area contributed by atoms with E-state index in [-0.39, 0.29) is 24.1 Å². The average molecular weight is 392 g/mol. The van der Waals surface area contributed by atoms with E-state index in [1.165, 1.54) is 7.05 Å². The monoisotopic (exact) mass is 392 g/mol. The number of carbonyl (C=O) groups is 1. The molecule has 2 aromatic rings. The van der Waals surface area contributed by atoms with Gasteiger partial charge in [0, 0.05) is 7.05 Å². The Bertz CT molecular complexity index is 881. The molecule has 1 amide bonds. The first kappa shape index (κ1) is 20.6. The summed E-state index contributed by atoms with van der Waals surface area (Å²) in [6, 6.07) is 13.4. The zero-order valence-electron chi connectivity index (χ0n) is 15.8. The highest BCUT2D eigenvalue weighted by Gasteiger charge is 2.20. The first-order valence-corrected chi connectivity index (χ1v) is 10.2. The number of hydrogen-bond donors (Lipinski definition) is 1. The van der Waals surface area contributed by atoms with Crippen molar-refractivity contribution in [2.24, 2.45) is 0 Å². The van der Waals surface area contributed by atoms with Crippen LogP contribution in [0.5, 0.6) is 11.5 Å². The molecule has 0 aliphatic heterocycles. The van der Waals surface area contributed by atoms with Gasteiger partial charge in [0.25, 0.3) is 5.91 Å². The summed E-state index contributed by atoms with van der Waals surface area (Å²) >= 11 is 0. The van der Waals surface area contributed by atoms with Gasteiger partial charge in [-0.05, 0) is 43.3 Å². The molecule has 0 heterocycles. The second-order valence-corrected chi connectivity index (χ2v) is 8.12. The van der Waals surface area contributed by atoms with Crippen LogP contribution in [0.2, 0.25) is 0 Å². The van der Waals surface area contributed by atoms with E-state index in [1.807, 2.05) is 6.92 Å². The van der Waals surface area contributed by atoms with Crippen LogP contribution in [0.1, 0.15) is 17.3 Å². The number of benzene rings is 2. The second-order valence-electron chi connectivity index (χ2n) is 6.11. The Labute approximate surface area is 160 Å². The molecule has 0 radical (unpaired) electrons. The number of hydrogen-bond acceptors (Lipinski definition) is 5. The van der Waals surface area contributed by atoms with Crippen molar-refractivity contribution in [1.82, 2.24) is 5.32 Å². The third kappa shape index (κ3) is 5.62. The van der Waals surface area contributed by atoms with Gasteiger partial charge in [-0.1, -0.05) is 12.1 Å². The molecule has 8 heteroatoms. The van der Waals surface area contributed by atoms with Crippen molar-refractivity contribution >= 4 is 21.6 Å². The van der Waals surface area contributed by atoms with Gasteiger partial charge in [-0.2, -0.15) is 0 Å². The van der Waals surface area contributed by atoms with Crippen molar-refractivity contribution in [3.05, 3.63) is 54.1 Å². The largest absolute Gasteiger partial charge is 0.497 e. The Balaban J connectivity index is 2.02. The topological polar surface area (TPSA) is 84.9 Å². The maximum atomic E-state index is 12.6. The van der Waals surface area contributed by atoms with Crippen molar-refractivity contribution in [3.8, 4) is 11.5 Å². The standard InChI is InChI=1S/C19H24N2O5S/c1-14(13-26-16-11-9-15(25-3)10-12-16)20-19(22)17-7-5-6-8-18(17)21(2)27(4,23)24/h5-12,14H,13H2,1-4H3,(H,20,22)/t14-/m1/s1. The molecule has 0 saturated carbocycles. The lowest BCUT2D eigenvalue weighted by molar-refractivity contribution is 0.0927. The highest BCUT2D eigenvalue weighted by atomic mass is 32.2. The normalized spacial score (nSPS) is 12.1. The molecule has 146 valence electrons. The molecule has 2 aromatic carbocycles. The third-order valence-electron chi connectivity index (χ3n) is 3.92. The maximum Gasteiger partial charge on any atom is 0.253 e. The molecule has 0 unspecified atom stereocenters. The number of sulfonamides is 1. The summed E-state index contributed by atoms with van der Waals surface area (Å²) in [4.78, 5) is 12.6. The molecule has 0 aromatic heterocycles. The SMILES string of the molecule is COc1ccc(OC[C@@H](C)NC(=O)c2ccccc2N(C)S(C)(=O)=O)cc1. The Hall–Kier alpha value is -2.74. The maximum absolute atomic E-state index is 12.6. The highest BCUT2D eigenvalue weighted by molar-refractivity contribution is 7.92. The van der Waals surface area contributed by atoms with E-state index in [4.69, 9.17) is 9.47 Å². The van der Waals surface area contributed by atoms with Crippen LogP contribution in [0.4, 0.5) is 5.69 Å². The fraction of sp³-hybridized carbons (Fsp3) is 0.316. The summed E-state index contributed by atoms with van der Waals surface area (Å²) < 4.78 is 35.4. The molecule has 27 heavy (non-hydrogen) atoms. The molecule has 2 rings (SSSR count). The molecule has 0 fully saturated rings. The van der Waals surface area contributed by atoms with Crippen LogP contribution in [0.3, 0.4) is 0 Å². The van der Waals surface area contributed by atoms with E-state index in [0.29, 0.717) is 11.4 Å². The number of amides is 1. The molecule has 0 spiro atoms. The summed E-state index contributed by atoms with van der Waals surface area (Å²) in [7, 11) is -0.470. The lowest BCUT2D eigenvalue weighted by Gasteiger charge is -2.21. The van der Waals surface area contributed by atoms with Crippen molar-refractivity contribution in [2.45, 2.75) is 13.0 Å². The quantitative estimate of drug-likeness (QED) is 0.745. The number of anilines is 1. The number of rotatable bonds is 8. The van der Waals surface area contributed by atoms with Crippen LogP contribution in [-0.2, 0) is 10.0 Å². The van der Waals surface area contributed by atoms with Gasteiger partial charge in [-0.3, -0.25) is 9.10 Å². The fourth-order valence-corrected chi connectivity index (χ4v) is 2.87. The lowest BCUT2D eigenvalue weighted by atomic mass is 10.1. The van der Waals surface area contributed by atoms with E-state index in [0.717, 1.165) is 16.3 Å². The molecule has 1 atom stereocenters. The molecule has 0 aliphatic carbocycles. The molecular weight excluding hydrogens is 368 g/mol. The molecule has 0 aliphatic rings. The average Bonchev–Trinajstić information content (AvgIpc) is 2.65. The molecule has 0 saturated heterocycles. The number of nitrogens with one attached hydrogen (secondary N) is 1. The van der Waals surface area contributed by atoms with Gasteiger partial charge >= 0.3 is 0 Å². The summed E-state index contributed by atoms with van der Waals surface area (Å²) in [6.07, 6.45) is 1.09. The number of nitrogens with zero attached hydrogens (tertiary/aromatic N) is 1. The van der Waals surface area contributed by atoms with E-state index < -0.39 is 10.0 Å². The smallest absolute Gasteiger partial charge is 0.253 e. The number of para-hydroxylation sites is 1. The third-order valence-corrected chi connectivity index (χ3v) is 5.11. The summed E-state index contributed by atoms with van der Waals surface area (Å²) in [5, 5.41) is 2.83. The van der Waals surface area contributed by atoms with Gasteiger partial charge in [-0.25, -0.2) is 8.42 Å². The van der Waals surface area contributed by atoms with Gasteiger partial charge in [-0.15, -0.1) is 0 Å². The van der Waals surface area contributed by atoms with Crippen LogP contribution < -0.4 is 19.1 Å². The highest BCUT2D eigenvalue weighted by Crippen LogP contribution is 2.21. The minimum absolute atomic E-state index is 0.266. The van der Waals surface area contributed by atoms with Gasteiger partial charge in [0.1, 0.15) is 18.1 Å². The fourth-order valence-electron chi connectivity index (χ4n) is 2.36. The van der Waals surface area contributed by atoms with Crippen molar-refractivity contribution in [2.75, 3.05) is 31.3 Å². The lowest BCUT2D eigenvalue weighted by Crippen LogP contribution is -2.38. The van der Waals surface area contributed by atoms with E-state index in [1.54, 1.807) is 55.6 Å². The number of methoxy groups -OCH3 is 1. The summed E-state index contributed by atoms with van der Waals surface area (Å²) in [6.45, 7) is 2.08.